The van der Waals surface area contributed by atoms with Gasteiger partial charge < -0.3 is 10.1 Å². The van der Waals surface area contributed by atoms with Crippen molar-refractivity contribution in [3.63, 3.8) is 0 Å². The van der Waals surface area contributed by atoms with Crippen LogP contribution in [-0.4, -0.2) is 21.4 Å². The Bertz CT molecular complexity index is 773. The predicted octanol–water partition coefficient (Wildman–Crippen LogP) is 2.45. The molecule has 0 radical (unpaired) electrons. The molecule has 2 aromatic rings. The minimum atomic E-state index is -3.73. The van der Waals surface area contributed by atoms with E-state index in [1.54, 1.807) is 30.3 Å². The molecule has 6 nitrogen and oxygen atoms in total. The second-order valence-electron chi connectivity index (χ2n) is 4.51. The maximum Gasteiger partial charge on any atom is 0.262 e. The van der Waals surface area contributed by atoms with Gasteiger partial charge in [0.1, 0.15) is 5.75 Å². The summed E-state index contributed by atoms with van der Waals surface area (Å²) in [6.45, 7) is 1.36. The van der Waals surface area contributed by atoms with Crippen LogP contribution in [0.2, 0.25) is 0 Å². The molecule has 0 unspecified atom stereocenters. The van der Waals surface area contributed by atoms with E-state index in [9.17, 15) is 13.2 Å². The van der Waals surface area contributed by atoms with E-state index in [0.29, 0.717) is 11.4 Å². The van der Waals surface area contributed by atoms with Crippen molar-refractivity contribution < 1.29 is 17.9 Å². The molecule has 0 aliphatic rings. The Labute approximate surface area is 129 Å². The lowest BCUT2D eigenvalue weighted by atomic mass is 10.3. The van der Waals surface area contributed by atoms with Gasteiger partial charge in [-0.05, 0) is 24.3 Å². The smallest absolute Gasteiger partial charge is 0.262 e. The van der Waals surface area contributed by atoms with Gasteiger partial charge in [0.25, 0.3) is 10.0 Å². The first-order chi connectivity index (χ1) is 10.4. The lowest BCUT2D eigenvalue weighted by Gasteiger charge is -2.12. The van der Waals surface area contributed by atoms with Gasteiger partial charge in [0.15, 0.2) is 0 Å². The maximum atomic E-state index is 12.3. The third kappa shape index (κ3) is 3.76. The molecule has 0 spiro atoms. The van der Waals surface area contributed by atoms with Gasteiger partial charge in [-0.25, -0.2) is 8.42 Å². The number of carbonyl (C=O) groups is 1. The summed E-state index contributed by atoms with van der Waals surface area (Å²) in [6, 6.07) is 12.8. The molecule has 0 heterocycles. The van der Waals surface area contributed by atoms with Crippen molar-refractivity contribution in [2.75, 3.05) is 17.1 Å². The molecule has 0 saturated heterocycles. The Balaban J connectivity index is 2.33. The number of rotatable bonds is 5. The summed E-state index contributed by atoms with van der Waals surface area (Å²) >= 11 is 0. The van der Waals surface area contributed by atoms with Crippen molar-refractivity contribution in [3.8, 4) is 5.75 Å². The van der Waals surface area contributed by atoms with Crippen LogP contribution in [0.4, 0.5) is 11.4 Å². The Morgan fingerprint density at radius 3 is 2.36 bits per heavy atom. The first-order valence-corrected chi connectivity index (χ1v) is 7.94. The number of sulfonamides is 1. The second kappa shape index (κ2) is 6.48. The van der Waals surface area contributed by atoms with Gasteiger partial charge in [-0.15, -0.1) is 0 Å². The number of nitrogens with one attached hydrogen (secondary N) is 2. The van der Waals surface area contributed by atoms with Crippen molar-refractivity contribution in [2.45, 2.75) is 11.8 Å². The normalized spacial score (nSPS) is 10.8. The molecule has 0 aliphatic heterocycles. The number of ether oxygens (including phenoxy) is 1. The Hall–Kier alpha value is -2.54. The first-order valence-electron chi connectivity index (χ1n) is 6.46. The standard InChI is InChI=1S/C15H16N2O4S/c1-11(18)16-14-9-8-13(10-15(14)21-2)22(19,20)17-12-6-4-3-5-7-12/h3-10,17H,1-2H3,(H,16,18). The molecule has 7 heteroatoms. The van der Waals surface area contributed by atoms with Gasteiger partial charge in [0, 0.05) is 18.7 Å². The SMILES string of the molecule is COc1cc(S(=O)(=O)Nc2ccccc2)ccc1NC(C)=O. The van der Waals surface area contributed by atoms with E-state index in [4.69, 9.17) is 4.74 Å². The van der Waals surface area contributed by atoms with Crippen LogP contribution in [0.25, 0.3) is 0 Å². The molecule has 0 saturated carbocycles. The van der Waals surface area contributed by atoms with Crippen molar-refractivity contribution >= 4 is 27.3 Å². The highest BCUT2D eigenvalue weighted by Crippen LogP contribution is 2.28. The molecule has 2 rings (SSSR count). The molecule has 0 atom stereocenters. The van der Waals surface area contributed by atoms with Crippen LogP contribution >= 0.6 is 0 Å². The summed E-state index contributed by atoms with van der Waals surface area (Å²) in [6.07, 6.45) is 0. The van der Waals surface area contributed by atoms with Crippen LogP contribution in [0.5, 0.6) is 5.75 Å². The quantitative estimate of drug-likeness (QED) is 0.886. The van der Waals surface area contributed by atoms with Crippen LogP contribution in [-0.2, 0) is 14.8 Å². The number of hydrogen-bond donors (Lipinski definition) is 2. The minimum Gasteiger partial charge on any atom is -0.495 e. The third-order valence-corrected chi connectivity index (χ3v) is 4.20. The molecule has 2 N–H and O–H groups in total. The average Bonchev–Trinajstić information content (AvgIpc) is 2.47. The zero-order valence-electron chi connectivity index (χ0n) is 12.2. The Kier molecular flexibility index (Phi) is 4.67. The summed E-state index contributed by atoms with van der Waals surface area (Å²) in [5.41, 5.74) is 0.876. The fourth-order valence-corrected chi connectivity index (χ4v) is 2.93. The van der Waals surface area contributed by atoms with Crippen LogP contribution in [0, 0.1) is 0 Å². The van der Waals surface area contributed by atoms with Crippen LogP contribution in [0.15, 0.2) is 53.4 Å². The van der Waals surface area contributed by atoms with Gasteiger partial charge >= 0.3 is 0 Å². The van der Waals surface area contributed by atoms with Crippen LogP contribution in [0.1, 0.15) is 6.92 Å². The number of hydrogen-bond acceptors (Lipinski definition) is 4. The lowest BCUT2D eigenvalue weighted by molar-refractivity contribution is -0.114. The van der Waals surface area contributed by atoms with Gasteiger partial charge in [-0.3, -0.25) is 9.52 Å². The van der Waals surface area contributed by atoms with Crippen molar-refractivity contribution in [1.82, 2.24) is 0 Å². The fourth-order valence-electron chi connectivity index (χ4n) is 1.85. The summed E-state index contributed by atoms with van der Waals surface area (Å²) in [5.74, 6) is 0.00227. The average molecular weight is 320 g/mol. The van der Waals surface area contributed by atoms with E-state index in [1.165, 1.54) is 32.2 Å². The summed E-state index contributed by atoms with van der Waals surface area (Å²) in [7, 11) is -2.33. The molecule has 0 bridgehead atoms. The third-order valence-electron chi connectivity index (χ3n) is 2.82. The van der Waals surface area contributed by atoms with Crippen LogP contribution in [0.3, 0.4) is 0 Å². The number of para-hydroxylation sites is 1. The number of anilines is 2. The van der Waals surface area contributed by atoms with Gasteiger partial charge in [-0.2, -0.15) is 0 Å². The molecule has 2 aromatic carbocycles. The highest BCUT2D eigenvalue weighted by Gasteiger charge is 2.17. The lowest BCUT2D eigenvalue weighted by Crippen LogP contribution is -2.14. The molecule has 0 aliphatic carbocycles. The van der Waals surface area contributed by atoms with Crippen molar-refractivity contribution in [1.29, 1.82) is 0 Å². The van der Waals surface area contributed by atoms with E-state index in [0.717, 1.165) is 0 Å². The number of amides is 1. The number of carbonyl (C=O) groups excluding carboxylic acids is 1. The summed E-state index contributed by atoms with van der Waals surface area (Å²) in [5, 5.41) is 2.57. The first kappa shape index (κ1) is 15.8. The second-order valence-corrected chi connectivity index (χ2v) is 6.20. The topological polar surface area (TPSA) is 84.5 Å². The molecule has 0 fully saturated rings. The number of methoxy groups -OCH3 is 1. The summed E-state index contributed by atoms with van der Waals surface area (Å²) < 4.78 is 32.3. The fraction of sp³-hybridized carbons (Fsp3) is 0.133. The minimum absolute atomic E-state index is 0.0438. The number of benzene rings is 2. The van der Waals surface area contributed by atoms with Gasteiger partial charge in [0.05, 0.1) is 17.7 Å². The van der Waals surface area contributed by atoms with E-state index >= 15 is 0 Å². The zero-order valence-corrected chi connectivity index (χ0v) is 13.0. The van der Waals surface area contributed by atoms with E-state index < -0.39 is 10.0 Å². The predicted molar refractivity (Wildman–Crippen MR) is 84.5 cm³/mol. The maximum absolute atomic E-state index is 12.3. The molecular formula is C15H16N2O4S. The summed E-state index contributed by atoms with van der Waals surface area (Å²) in [4.78, 5) is 11.2. The van der Waals surface area contributed by atoms with Gasteiger partial charge in [-0.1, -0.05) is 18.2 Å². The molecular weight excluding hydrogens is 304 g/mol. The highest BCUT2D eigenvalue weighted by atomic mass is 32.2. The molecule has 116 valence electrons. The highest BCUT2D eigenvalue weighted by molar-refractivity contribution is 7.92. The van der Waals surface area contributed by atoms with Crippen molar-refractivity contribution in [3.05, 3.63) is 48.5 Å². The van der Waals surface area contributed by atoms with Crippen LogP contribution < -0.4 is 14.8 Å². The monoisotopic (exact) mass is 320 g/mol. The van der Waals surface area contributed by atoms with Crippen molar-refractivity contribution in [2.24, 2.45) is 0 Å². The Morgan fingerprint density at radius 2 is 1.77 bits per heavy atom. The van der Waals surface area contributed by atoms with Gasteiger partial charge in [0.2, 0.25) is 5.91 Å². The molecule has 22 heavy (non-hydrogen) atoms. The molecule has 1 amide bonds. The van der Waals surface area contributed by atoms with E-state index in [1.807, 2.05) is 0 Å². The Morgan fingerprint density at radius 1 is 1.09 bits per heavy atom. The van der Waals surface area contributed by atoms with E-state index in [2.05, 4.69) is 10.0 Å². The largest absolute Gasteiger partial charge is 0.495 e. The zero-order chi connectivity index (χ0) is 16.2. The molecule has 0 aromatic heterocycles. The van der Waals surface area contributed by atoms with E-state index in [-0.39, 0.29) is 16.6 Å².